The predicted octanol–water partition coefficient (Wildman–Crippen LogP) is 16.7. The van der Waals surface area contributed by atoms with Gasteiger partial charge in [-0.2, -0.15) is 0 Å². The average Bonchev–Trinajstić information content (AvgIpc) is 3.25. The number of nitrogens with one attached hydrogen (secondary N) is 1. The Morgan fingerprint density at radius 1 is 0.410 bits per heavy atom. The van der Waals surface area contributed by atoms with Gasteiger partial charge in [0.05, 0.1) is 25.2 Å². The summed E-state index contributed by atoms with van der Waals surface area (Å²) in [4.78, 5) is 26.2. The normalized spacial score (nSPS) is 13.1. The summed E-state index contributed by atoms with van der Waals surface area (Å²) in [6.07, 6.45) is 54.6. The zero-order chi connectivity index (χ0) is 44.5. The van der Waals surface area contributed by atoms with Crippen LogP contribution in [-0.2, 0) is 14.3 Å². The van der Waals surface area contributed by atoms with E-state index >= 15 is 0 Å². The van der Waals surface area contributed by atoms with Crippen molar-refractivity contribution in [2.75, 3.05) is 6.61 Å². The van der Waals surface area contributed by atoms with E-state index in [1.165, 1.54) is 231 Å². The molecule has 364 valence electrons. The lowest BCUT2D eigenvalue weighted by molar-refractivity contribution is -0.151. The smallest absolute Gasteiger partial charge is 0.306 e. The number of aliphatic hydroxyl groups is 2. The zero-order valence-corrected chi connectivity index (χ0v) is 41.6. The summed E-state index contributed by atoms with van der Waals surface area (Å²) in [6.45, 7) is 6.51. The third-order valence-corrected chi connectivity index (χ3v) is 13.2. The quantitative estimate of drug-likeness (QED) is 0.0418. The van der Waals surface area contributed by atoms with Crippen LogP contribution >= 0.6 is 0 Å². The Morgan fingerprint density at radius 2 is 0.689 bits per heavy atom. The molecule has 0 saturated heterocycles. The maximum Gasteiger partial charge on any atom is 0.306 e. The molecule has 0 fully saturated rings. The Morgan fingerprint density at radius 3 is 1.00 bits per heavy atom. The molecular weight excluding hydrogens is 755 g/mol. The van der Waals surface area contributed by atoms with Gasteiger partial charge in [-0.1, -0.05) is 278 Å². The van der Waals surface area contributed by atoms with Gasteiger partial charge in [-0.25, -0.2) is 0 Å². The highest BCUT2D eigenvalue weighted by atomic mass is 16.5. The monoisotopic (exact) mass is 864 g/mol. The maximum absolute atomic E-state index is 13.2. The lowest BCUT2D eigenvalue weighted by Crippen LogP contribution is -2.46. The molecule has 6 nitrogen and oxygen atoms in total. The molecule has 0 aliphatic carbocycles. The first kappa shape index (κ1) is 59.9. The molecule has 6 heteroatoms. The standard InChI is InChI=1S/C55H109NO5/c1-4-7-10-13-16-19-22-24-25-26-27-28-29-31-33-36-39-42-45-48-55(60)61-51(46-43-40-37-34-32-30-23-20-17-14-11-8-5-2)49-54(59)56-52(50-57)53(58)47-44-41-38-35-21-18-15-12-9-6-3/h51-53,57-58H,4-50H2,1-3H3,(H,56,59). The van der Waals surface area contributed by atoms with Gasteiger partial charge in [-0.15, -0.1) is 0 Å². The van der Waals surface area contributed by atoms with E-state index in [0.29, 0.717) is 19.3 Å². The van der Waals surface area contributed by atoms with Gasteiger partial charge in [0.1, 0.15) is 6.10 Å². The largest absolute Gasteiger partial charge is 0.462 e. The zero-order valence-electron chi connectivity index (χ0n) is 41.6. The molecule has 0 heterocycles. The van der Waals surface area contributed by atoms with Crippen LogP contribution < -0.4 is 5.32 Å². The third-order valence-electron chi connectivity index (χ3n) is 13.2. The minimum absolute atomic E-state index is 0.0880. The van der Waals surface area contributed by atoms with Gasteiger partial charge < -0.3 is 20.3 Å². The van der Waals surface area contributed by atoms with Gasteiger partial charge in [0, 0.05) is 6.42 Å². The van der Waals surface area contributed by atoms with Crippen LogP contribution in [0.5, 0.6) is 0 Å². The first-order valence-corrected chi connectivity index (χ1v) is 27.8. The third kappa shape index (κ3) is 45.2. The average molecular weight is 864 g/mol. The van der Waals surface area contributed by atoms with Crippen LogP contribution in [0, 0.1) is 0 Å². The number of rotatable bonds is 51. The molecule has 0 aromatic rings. The van der Waals surface area contributed by atoms with Crippen molar-refractivity contribution < 1.29 is 24.5 Å². The van der Waals surface area contributed by atoms with Crippen molar-refractivity contribution in [3.05, 3.63) is 0 Å². The van der Waals surface area contributed by atoms with Crippen LogP contribution in [0.2, 0.25) is 0 Å². The minimum atomic E-state index is -0.778. The molecule has 0 radical (unpaired) electrons. The van der Waals surface area contributed by atoms with Gasteiger partial charge in [-0.3, -0.25) is 9.59 Å². The molecule has 0 aromatic carbocycles. The first-order chi connectivity index (χ1) is 30.0. The van der Waals surface area contributed by atoms with Crippen molar-refractivity contribution in [1.82, 2.24) is 5.32 Å². The topological polar surface area (TPSA) is 95.9 Å². The van der Waals surface area contributed by atoms with Crippen LogP contribution in [0.25, 0.3) is 0 Å². The van der Waals surface area contributed by atoms with Crippen molar-refractivity contribution in [3.63, 3.8) is 0 Å². The van der Waals surface area contributed by atoms with Crippen molar-refractivity contribution in [1.29, 1.82) is 0 Å². The summed E-state index contributed by atoms with van der Waals surface area (Å²) in [5.74, 6) is -0.448. The number of amides is 1. The summed E-state index contributed by atoms with van der Waals surface area (Å²) in [6, 6.07) is -0.691. The van der Waals surface area contributed by atoms with Crippen LogP contribution in [-0.4, -0.2) is 46.9 Å². The minimum Gasteiger partial charge on any atom is -0.462 e. The van der Waals surface area contributed by atoms with E-state index in [1.54, 1.807) is 0 Å². The second-order valence-corrected chi connectivity index (χ2v) is 19.4. The number of aliphatic hydroxyl groups excluding tert-OH is 2. The van der Waals surface area contributed by atoms with E-state index in [-0.39, 0.29) is 24.9 Å². The number of esters is 1. The van der Waals surface area contributed by atoms with Gasteiger partial charge in [0.15, 0.2) is 0 Å². The Bertz CT molecular complexity index is 882. The van der Waals surface area contributed by atoms with Crippen molar-refractivity contribution in [2.24, 2.45) is 0 Å². The van der Waals surface area contributed by atoms with Crippen molar-refractivity contribution in [2.45, 2.75) is 334 Å². The lowest BCUT2D eigenvalue weighted by atomic mass is 10.0. The predicted molar refractivity (Wildman–Crippen MR) is 264 cm³/mol. The highest BCUT2D eigenvalue weighted by Crippen LogP contribution is 2.19. The van der Waals surface area contributed by atoms with E-state index in [2.05, 4.69) is 26.1 Å². The second-order valence-electron chi connectivity index (χ2n) is 19.4. The number of ether oxygens (including phenoxy) is 1. The van der Waals surface area contributed by atoms with E-state index < -0.39 is 18.2 Å². The Labute approximate surface area is 381 Å². The number of unbranched alkanes of at least 4 members (excludes halogenated alkanes) is 39. The molecule has 3 atom stereocenters. The number of hydrogen-bond donors (Lipinski definition) is 3. The molecule has 0 bridgehead atoms. The molecule has 0 spiro atoms. The lowest BCUT2D eigenvalue weighted by Gasteiger charge is -2.24. The fraction of sp³-hybridized carbons (Fsp3) is 0.964. The van der Waals surface area contributed by atoms with E-state index in [0.717, 1.165) is 38.5 Å². The SMILES string of the molecule is CCCCCCCCCCCCCCCCCCCCCC(=O)OC(CCCCCCCCCCCCCCC)CC(=O)NC(CO)C(O)CCCCCCCCCCCC. The fourth-order valence-electron chi connectivity index (χ4n) is 8.96. The van der Waals surface area contributed by atoms with Gasteiger partial charge in [0.25, 0.3) is 0 Å². The second kappa shape index (κ2) is 49.9. The van der Waals surface area contributed by atoms with Gasteiger partial charge in [-0.05, 0) is 25.7 Å². The molecule has 0 rings (SSSR count). The first-order valence-electron chi connectivity index (χ1n) is 27.8. The maximum atomic E-state index is 13.2. The molecule has 1 amide bonds. The van der Waals surface area contributed by atoms with Crippen molar-refractivity contribution >= 4 is 11.9 Å². The summed E-state index contributed by atoms with van der Waals surface area (Å²) >= 11 is 0. The summed E-state index contributed by atoms with van der Waals surface area (Å²) in [7, 11) is 0. The molecular formula is C55H109NO5. The molecule has 0 aromatic heterocycles. The molecule has 0 aliphatic heterocycles. The Kier molecular flexibility index (Phi) is 48.9. The summed E-state index contributed by atoms with van der Waals surface area (Å²) in [5.41, 5.74) is 0. The molecule has 3 N–H and O–H groups in total. The van der Waals surface area contributed by atoms with E-state index in [9.17, 15) is 19.8 Å². The highest BCUT2D eigenvalue weighted by Gasteiger charge is 2.24. The summed E-state index contributed by atoms with van der Waals surface area (Å²) < 4.78 is 5.96. The van der Waals surface area contributed by atoms with Crippen LogP contribution in [0.3, 0.4) is 0 Å². The Balaban J connectivity index is 4.43. The van der Waals surface area contributed by atoms with Crippen molar-refractivity contribution in [3.8, 4) is 0 Å². The van der Waals surface area contributed by atoms with Gasteiger partial charge >= 0.3 is 5.97 Å². The van der Waals surface area contributed by atoms with E-state index in [1.807, 2.05) is 0 Å². The molecule has 0 aliphatic rings. The molecule has 0 saturated carbocycles. The number of hydrogen-bond acceptors (Lipinski definition) is 5. The van der Waals surface area contributed by atoms with Gasteiger partial charge in [0.2, 0.25) is 5.91 Å². The number of carbonyl (C=O) groups excluding carboxylic acids is 2. The summed E-state index contributed by atoms with van der Waals surface area (Å²) in [5, 5.41) is 23.7. The Hall–Kier alpha value is -1.14. The van der Waals surface area contributed by atoms with Crippen LogP contribution in [0.15, 0.2) is 0 Å². The molecule has 3 unspecified atom stereocenters. The highest BCUT2D eigenvalue weighted by molar-refractivity contribution is 5.77. The molecule has 61 heavy (non-hydrogen) atoms. The van der Waals surface area contributed by atoms with E-state index in [4.69, 9.17) is 4.74 Å². The fourth-order valence-corrected chi connectivity index (χ4v) is 8.96. The number of carbonyl (C=O) groups is 2. The van der Waals surface area contributed by atoms with Crippen LogP contribution in [0.1, 0.15) is 316 Å². The van der Waals surface area contributed by atoms with Crippen LogP contribution in [0.4, 0.5) is 0 Å².